The van der Waals surface area contributed by atoms with Crippen molar-refractivity contribution >= 4 is 112 Å². The first kappa shape index (κ1) is 41.7. The molecule has 0 N–H and O–H groups in total. The molecule has 0 spiro atoms. The van der Waals surface area contributed by atoms with Crippen molar-refractivity contribution in [1.82, 2.24) is 4.57 Å². The number of benzene rings is 8. The molecule has 0 bridgehead atoms. The number of hydrogen-bond donors (Lipinski definition) is 0. The monoisotopic (exact) mass is 897 g/mol. The van der Waals surface area contributed by atoms with E-state index in [4.69, 9.17) is 8.83 Å². The van der Waals surface area contributed by atoms with Crippen molar-refractivity contribution < 1.29 is 8.83 Å². The maximum Gasteiger partial charge on any atom is 0.252 e. The van der Waals surface area contributed by atoms with Gasteiger partial charge in [0, 0.05) is 55.7 Å². The second-order valence-corrected chi connectivity index (χ2v) is 22.7. The fourth-order valence-corrected chi connectivity index (χ4v) is 11.5. The van der Waals surface area contributed by atoms with E-state index in [-0.39, 0.29) is 23.0 Å². The molecule has 0 saturated heterocycles. The third-order valence-corrected chi connectivity index (χ3v) is 15.1. The van der Waals surface area contributed by atoms with Gasteiger partial charge in [-0.15, -0.1) is 0 Å². The van der Waals surface area contributed by atoms with Crippen LogP contribution in [0.2, 0.25) is 0 Å². The van der Waals surface area contributed by atoms with Crippen LogP contribution in [0.3, 0.4) is 0 Å². The quantitative estimate of drug-likeness (QED) is 0.165. The van der Waals surface area contributed by atoms with Crippen LogP contribution in [0.5, 0.6) is 0 Å². The summed E-state index contributed by atoms with van der Waals surface area (Å²) in [6.45, 7) is 22.6. The zero-order valence-electron chi connectivity index (χ0n) is 41.2. The van der Waals surface area contributed by atoms with Crippen LogP contribution in [-0.2, 0) is 16.2 Å². The molecule has 0 aliphatic carbocycles. The van der Waals surface area contributed by atoms with E-state index in [0.717, 1.165) is 83.8 Å². The average molecular weight is 898 g/mol. The summed E-state index contributed by atoms with van der Waals surface area (Å²) < 4.78 is 16.4. The van der Waals surface area contributed by atoms with Gasteiger partial charge in [0.15, 0.2) is 5.58 Å². The van der Waals surface area contributed by atoms with E-state index in [0.29, 0.717) is 0 Å². The lowest BCUT2D eigenvalue weighted by Gasteiger charge is -2.41. The van der Waals surface area contributed by atoms with Gasteiger partial charge in [-0.3, -0.25) is 4.57 Å². The standard InChI is InChI=1S/C63H56BN3O2/c1-37-33-52-57-53(34-37)67-58-47(56-46-15-11-12-20-54(46)69-60(56)67)17-13-18-49(58)64(57)48-32-30-43(65(41-26-21-38(22-27-41)61(2,3)4)42-28-23-39(24-29-42)62(5,6)7)36-51(48)66(52)50-19-14-16-45-44-31-25-40(63(8,9)10)35-55(44)68-59(45)50/h11-36H,1-10H3. The molecule has 3 aromatic heterocycles. The first-order chi connectivity index (χ1) is 33.0. The first-order valence-electron chi connectivity index (χ1n) is 24.5. The molecule has 0 fully saturated rings. The highest BCUT2D eigenvalue weighted by Gasteiger charge is 2.44. The van der Waals surface area contributed by atoms with Crippen molar-refractivity contribution in [2.45, 2.75) is 85.5 Å². The lowest BCUT2D eigenvalue weighted by molar-refractivity contribution is 0.587. The Bertz CT molecular complexity index is 3860. The van der Waals surface area contributed by atoms with Crippen LogP contribution in [0.4, 0.5) is 34.1 Å². The van der Waals surface area contributed by atoms with E-state index >= 15 is 0 Å². The molecule has 2 aliphatic rings. The third kappa shape index (κ3) is 6.16. The topological polar surface area (TPSA) is 37.7 Å². The van der Waals surface area contributed by atoms with Crippen LogP contribution in [0.15, 0.2) is 167 Å². The van der Waals surface area contributed by atoms with E-state index in [1.165, 1.54) is 49.5 Å². The summed E-state index contributed by atoms with van der Waals surface area (Å²) in [7, 11) is 0. The molecule has 5 nitrogen and oxygen atoms in total. The van der Waals surface area contributed by atoms with Gasteiger partial charge in [0.25, 0.3) is 6.71 Å². The molecule has 0 radical (unpaired) electrons. The van der Waals surface area contributed by atoms with E-state index < -0.39 is 0 Å². The van der Waals surface area contributed by atoms with Crippen molar-refractivity contribution in [2.24, 2.45) is 0 Å². The van der Waals surface area contributed by atoms with Crippen molar-refractivity contribution in [3.8, 4) is 5.69 Å². The highest BCUT2D eigenvalue weighted by atomic mass is 16.3. The van der Waals surface area contributed by atoms with Gasteiger partial charge in [0.2, 0.25) is 5.71 Å². The Kier molecular flexibility index (Phi) is 8.65. The maximum atomic E-state index is 7.13. The summed E-state index contributed by atoms with van der Waals surface area (Å²) in [5.74, 6) is 0. The summed E-state index contributed by atoms with van der Waals surface area (Å²) in [6, 6.07) is 59.0. The molecule has 0 atom stereocenters. The van der Waals surface area contributed by atoms with Gasteiger partial charge < -0.3 is 18.6 Å². The number of nitrogens with zero attached hydrogens (tertiary/aromatic N) is 3. The molecule has 338 valence electrons. The molecule has 11 aromatic rings. The average Bonchev–Trinajstić information content (AvgIpc) is 3.99. The third-order valence-electron chi connectivity index (χ3n) is 15.1. The van der Waals surface area contributed by atoms with E-state index in [2.05, 4.69) is 241 Å². The molecule has 2 aliphatic heterocycles. The normalized spacial score (nSPS) is 13.6. The summed E-state index contributed by atoms with van der Waals surface area (Å²) in [5, 5.41) is 5.74. The zero-order chi connectivity index (χ0) is 47.5. The number of furan rings is 2. The SMILES string of the molecule is Cc1cc2c3c(c1)-n1c4oc5ccccc5c4c4cccc(c41)B3c1ccc(N(c3ccc(C(C)(C)C)cc3)c3ccc(C(C)(C)C)cc3)cc1N2c1cccc2c1oc1cc(C(C)(C)C)ccc12. The minimum absolute atomic E-state index is 0.0225. The molecule has 6 heteroatoms. The van der Waals surface area contributed by atoms with Gasteiger partial charge in [-0.25, -0.2) is 0 Å². The fourth-order valence-electron chi connectivity index (χ4n) is 11.5. The van der Waals surface area contributed by atoms with Crippen molar-refractivity contribution in [3.05, 3.63) is 180 Å². The summed E-state index contributed by atoms with van der Waals surface area (Å²) >= 11 is 0. The molecule has 8 aromatic carbocycles. The predicted molar refractivity (Wildman–Crippen MR) is 293 cm³/mol. The molecular formula is C63H56BN3O2. The first-order valence-corrected chi connectivity index (χ1v) is 24.5. The Morgan fingerprint density at radius 2 is 1.06 bits per heavy atom. The van der Waals surface area contributed by atoms with E-state index in [1.807, 2.05) is 0 Å². The van der Waals surface area contributed by atoms with Crippen molar-refractivity contribution in [1.29, 1.82) is 0 Å². The Hall–Kier alpha value is -7.44. The predicted octanol–water partition coefficient (Wildman–Crippen LogP) is 15.7. The number of fused-ring (bicyclic) bond motifs is 12. The molecule has 5 heterocycles. The van der Waals surface area contributed by atoms with Crippen molar-refractivity contribution in [2.75, 3.05) is 9.80 Å². The van der Waals surface area contributed by atoms with E-state index in [9.17, 15) is 0 Å². The number of rotatable bonds is 4. The lowest BCUT2D eigenvalue weighted by Crippen LogP contribution is -2.60. The molecular weight excluding hydrogens is 842 g/mol. The summed E-state index contributed by atoms with van der Waals surface area (Å²) in [4.78, 5) is 4.93. The van der Waals surface area contributed by atoms with Crippen LogP contribution in [0.25, 0.3) is 60.6 Å². The highest BCUT2D eigenvalue weighted by molar-refractivity contribution is 7.00. The zero-order valence-corrected chi connectivity index (χ0v) is 41.2. The maximum absolute atomic E-state index is 7.13. The Morgan fingerprint density at radius 3 is 1.75 bits per heavy atom. The smallest absolute Gasteiger partial charge is 0.252 e. The molecule has 13 rings (SSSR count). The molecule has 0 unspecified atom stereocenters. The molecule has 69 heavy (non-hydrogen) atoms. The van der Waals surface area contributed by atoms with Crippen LogP contribution in [-0.4, -0.2) is 11.3 Å². The second kappa shape index (κ2) is 14.3. The van der Waals surface area contributed by atoms with Crippen LogP contribution < -0.4 is 26.2 Å². The number of para-hydroxylation sites is 3. The fraction of sp³-hybridized carbons (Fsp3) is 0.206. The van der Waals surface area contributed by atoms with Crippen molar-refractivity contribution in [3.63, 3.8) is 0 Å². The lowest BCUT2D eigenvalue weighted by atomic mass is 9.33. The minimum atomic E-state index is -0.0489. The van der Waals surface area contributed by atoms with Crippen LogP contribution in [0.1, 0.15) is 84.6 Å². The van der Waals surface area contributed by atoms with Gasteiger partial charge in [-0.05, 0) is 129 Å². The van der Waals surface area contributed by atoms with Gasteiger partial charge in [0.05, 0.1) is 16.6 Å². The Labute approximate surface area is 404 Å². The number of aromatic nitrogens is 1. The van der Waals surface area contributed by atoms with Gasteiger partial charge in [0.1, 0.15) is 11.2 Å². The molecule has 0 saturated carbocycles. The summed E-state index contributed by atoms with van der Waals surface area (Å²) in [6.07, 6.45) is 0. The van der Waals surface area contributed by atoms with Gasteiger partial charge in [-0.1, -0.05) is 153 Å². The molecule has 0 amide bonds. The van der Waals surface area contributed by atoms with Gasteiger partial charge in [-0.2, -0.15) is 0 Å². The summed E-state index contributed by atoms with van der Waals surface area (Å²) in [5.41, 5.74) is 21.3. The number of aryl methyl sites for hydroxylation is 1. The second-order valence-electron chi connectivity index (χ2n) is 22.7. The number of hydrogen-bond acceptors (Lipinski definition) is 4. The Balaban J connectivity index is 1.11. The number of anilines is 6. The highest BCUT2D eigenvalue weighted by Crippen LogP contribution is 2.49. The Morgan fingerprint density at radius 1 is 0.449 bits per heavy atom. The minimum Gasteiger partial charge on any atom is -0.454 e. The largest absolute Gasteiger partial charge is 0.454 e. The van der Waals surface area contributed by atoms with E-state index in [1.54, 1.807) is 0 Å². The van der Waals surface area contributed by atoms with Gasteiger partial charge >= 0.3 is 0 Å². The van der Waals surface area contributed by atoms with Crippen LogP contribution in [0, 0.1) is 6.92 Å². The van der Waals surface area contributed by atoms with Crippen LogP contribution >= 0.6 is 0 Å².